The predicted molar refractivity (Wildman–Crippen MR) is 94.0 cm³/mol. The van der Waals surface area contributed by atoms with Gasteiger partial charge in [0.2, 0.25) is 0 Å². The van der Waals surface area contributed by atoms with Gasteiger partial charge in [-0.05, 0) is 38.0 Å². The van der Waals surface area contributed by atoms with Crippen LogP contribution in [-0.2, 0) is 9.84 Å². The van der Waals surface area contributed by atoms with E-state index in [-0.39, 0.29) is 11.8 Å². The van der Waals surface area contributed by atoms with Gasteiger partial charge in [-0.2, -0.15) is 0 Å². The number of nitrogens with one attached hydrogen (secondary N) is 2. The normalized spacial score (nSPS) is 24.8. The number of hydrogen-bond donors (Lipinski definition) is 2. The van der Waals surface area contributed by atoms with Crippen molar-refractivity contribution in [3.05, 3.63) is 0 Å². The topological polar surface area (TPSA) is 70.6 Å². The second-order valence-corrected chi connectivity index (χ2v) is 8.97. The van der Waals surface area contributed by atoms with Gasteiger partial charge < -0.3 is 10.6 Å². The molecule has 1 aliphatic carbocycles. The van der Waals surface area contributed by atoms with Crippen molar-refractivity contribution in [1.82, 2.24) is 10.6 Å². The lowest BCUT2D eigenvalue weighted by atomic mass is 9.81. The van der Waals surface area contributed by atoms with E-state index in [1.54, 1.807) is 7.05 Å². The summed E-state index contributed by atoms with van der Waals surface area (Å²) in [6, 6.07) is 0.0942. The molecular weight excluding hydrogens is 298 g/mol. The summed E-state index contributed by atoms with van der Waals surface area (Å²) >= 11 is 0. The van der Waals surface area contributed by atoms with E-state index in [0.717, 1.165) is 24.3 Å². The molecule has 22 heavy (non-hydrogen) atoms. The fourth-order valence-corrected chi connectivity index (χ4v) is 3.76. The number of guanidine groups is 1. The third kappa shape index (κ3) is 8.01. The smallest absolute Gasteiger partial charge is 0.191 e. The maximum absolute atomic E-state index is 11.2. The van der Waals surface area contributed by atoms with Crippen LogP contribution in [-0.4, -0.2) is 46.0 Å². The highest BCUT2D eigenvalue weighted by molar-refractivity contribution is 7.90. The summed E-state index contributed by atoms with van der Waals surface area (Å²) < 4.78 is 22.4. The van der Waals surface area contributed by atoms with E-state index < -0.39 is 9.84 Å². The Hall–Kier alpha value is -0.780. The summed E-state index contributed by atoms with van der Waals surface area (Å²) in [5, 5.41) is 6.66. The first kappa shape index (κ1) is 19.3. The summed E-state index contributed by atoms with van der Waals surface area (Å²) in [5.74, 6) is 2.63. The van der Waals surface area contributed by atoms with Gasteiger partial charge in [-0.3, -0.25) is 4.99 Å². The number of aliphatic imine (C=N–C) groups is 1. The van der Waals surface area contributed by atoms with E-state index >= 15 is 0 Å². The fourth-order valence-electron chi connectivity index (χ4n) is 2.98. The number of sulfone groups is 1. The highest BCUT2D eigenvalue weighted by Gasteiger charge is 2.20. The summed E-state index contributed by atoms with van der Waals surface area (Å²) in [6.07, 6.45) is 8.47. The van der Waals surface area contributed by atoms with Gasteiger partial charge in [0.25, 0.3) is 0 Å². The molecule has 1 aliphatic rings. The molecule has 1 fully saturated rings. The van der Waals surface area contributed by atoms with Crippen LogP contribution < -0.4 is 10.6 Å². The molecule has 1 atom stereocenters. The molecule has 0 radical (unpaired) electrons. The van der Waals surface area contributed by atoms with Gasteiger partial charge >= 0.3 is 0 Å². The van der Waals surface area contributed by atoms with Crippen molar-refractivity contribution in [3.8, 4) is 0 Å². The minimum Gasteiger partial charge on any atom is -0.356 e. The van der Waals surface area contributed by atoms with Crippen LogP contribution in [0.1, 0.15) is 52.4 Å². The average Bonchev–Trinajstić information content (AvgIpc) is 2.49. The fraction of sp³-hybridized carbons (Fsp3) is 0.938. The highest BCUT2D eigenvalue weighted by atomic mass is 32.2. The van der Waals surface area contributed by atoms with Crippen molar-refractivity contribution < 1.29 is 8.42 Å². The molecule has 1 saturated carbocycles. The SMILES string of the molecule is CCC1CCC(CNC(=NC)NC(C)CCS(C)(=O)=O)CC1. The van der Waals surface area contributed by atoms with E-state index in [1.807, 2.05) is 6.92 Å². The molecular formula is C16H33N3O2S. The van der Waals surface area contributed by atoms with Crippen LogP contribution in [0.25, 0.3) is 0 Å². The molecule has 130 valence electrons. The van der Waals surface area contributed by atoms with E-state index in [9.17, 15) is 8.42 Å². The van der Waals surface area contributed by atoms with Gasteiger partial charge in [0, 0.05) is 25.9 Å². The standard InChI is InChI=1S/C16H33N3O2S/c1-5-14-6-8-15(9-7-14)12-18-16(17-3)19-13(2)10-11-22(4,20)21/h13-15H,5-12H2,1-4H3,(H2,17,18,19). The maximum Gasteiger partial charge on any atom is 0.191 e. The molecule has 2 N–H and O–H groups in total. The lowest BCUT2D eigenvalue weighted by Gasteiger charge is -2.28. The molecule has 6 heteroatoms. The largest absolute Gasteiger partial charge is 0.356 e. The highest BCUT2D eigenvalue weighted by Crippen LogP contribution is 2.29. The Labute approximate surface area is 136 Å². The van der Waals surface area contributed by atoms with Crippen LogP contribution in [0.15, 0.2) is 4.99 Å². The molecule has 1 rings (SSSR count). The molecule has 0 spiro atoms. The lowest BCUT2D eigenvalue weighted by molar-refractivity contribution is 0.269. The Bertz CT molecular complexity index is 440. The lowest BCUT2D eigenvalue weighted by Crippen LogP contribution is -2.44. The van der Waals surface area contributed by atoms with Crippen molar-refractivity contribution in [1.29, 1.82) is 0 Å². The minimum absolute atomic E-state index is 0.0942. The Balaban J connectivity index is 2.28. The van der Waals surface area contributed by atoms with E-state index in [4.69, 9.17) is 0 Å². The molecule has 0 aromatic heterocycles. The molecule has 1 unspecified atom stereocenters. The molecule has 0 amide bonds. The van der Waals surface area contributed by atoms with Gasteiger partial charge in [0.05, 0.1) is 5.75 Å². The van der Waals surface area contributed by atoms with E-state index in [1.165, 1.54) is 38.4 Å². The summed E-state index contributed by atoms with van der Waals surface area (Å²) in [6.45, 7) is 5.23. The first-order valence-corrected chi connectivity index (χ1v) is 10.5. The Morgan fingerprint density at radius 1 is 1.23 bits per heavy atom. The zero-order valence-corrected chi connectivity index (χ0v) is 15.4. The van der Waals surface area contributed by atoms with Crippen molar-refractivity contribution in [2.24, 2.45) is 16.8 Å². The van der Waals surface area contributed by atoms with E-state index in [2.05, 4.69) is 22.5 Å². The quantitative estimate of drug-likeness (QED) is 0.554. The van der Waals surface area contributed by atoms with Gasteiger partial charge in [-0.25, -0.2) is 8.42 Å². The van der Waals surface area contributed by atoms with Crippen molar-refractivity contribution in [2.45, 2.75) is 58.4 Å². The van der Waals surface area contributed by atoms with Crippen LogP contribution in [0, 0.1) is 11.8 Å². The van der Waals surface area contributed by atoms with Crippen molar-refractivity contribution in [2.75, 3.05) is 25.6 Å². The third-order valence-electron chi connectivity index (χ3n) is 4.63. The maximum atomic E-state index is 11.2. The zero-order valence-electron chi connectivity index (χ0n) is 14.6. The zero-order chi connectivity index (χ0) is 16.6. The second-order valence-electron chi connectivity index (χ2n) is 6.71. The Kier molecular flexibility index (Phi) is 8.21. The monoisotopic (exact) mass is 331 g/mol. The van der Waals surface area contributed by atoms with Crippen LogP contribution in [0.3, 0.4) is 0 Å². The molecule has 0 heterocycles. The summed E-state index contributed by atoms with van der Waals surface area (Å²) in [7, 11) is -1.14. The predicted octanol–water partition coefficient (Wildman–Crippen LogP) is 2.19. The average molecular weight is 332 g/mol. The van der Waals surface area contributed by atoms with Gasteiger partial charge in [0.1, 0.15) is 9.84 Å². The summed E-state index contributed by atoms with van der Waals surface area (Å²) in [5.41, 5.74) is 0. The van der Waals surface area contributed by atoms with Crippen LogP contribution in [0.2, 0.25) is 0 Å². The molecule has 5 nitrogen and oxygen atoms in total. The minimum atomic E-state index is -2.90. The third-order valence-corrected chi connectivity index (χ3v) is 5.61. The molecule has 0 bridgehead atoms. The second kappa shape index (κ2) is 9.38. The Morgan fingerprint density at radius 2 is 1.82 bits per heavy atom. The molecule has 0 aromatic rings. The van der Waals surface area contributed by atoms with Gasteiger partial charge in [-0.15, -0.1) is 0 Å². The van der Waals surface area contributed by atoms with Crippen LogP contribution in [0.4, 0.5) is 0 Å². The molecule has 0 aliphatic heterocycles. The van der Waals surface area contributed by atoms with Crippen molar-refractivity contribution in [3.63, 3.8) is 0 Å². The number of rotatable bonds is 7. The molecule has 0 saturated heterocycles. The van der Waals surface area contributed by atoms with Crippen molar-refractivity contribution >= 4 is 15.8 Å². The van der Waals surface area contributed by atoms with Crippen LogP contribution >= 0.6 is 0 Å². The van der Waals surface area contributed by atoms with Crippen LogP contribution in [0.5, 0.6) is 0 Å². The first-order chi connectivity index (χ1) is 10.3. The van der Waals surface area contributed by atoms with E-state index in [0.29, 0.717) is 6.42 Å². The first-order valence-electron chi connectivity index (χ1n) is 8.49. The Morgan fingerprint density at radius 3 is 2.32 bits per heavy atom. The van der Waals surface area contributed by atoms with Gasteiger partial charge in [-0.1, -0.05) is 26.2 Å². The number of nitrogens with zero attached hydrogens (tertiary/aromatic N) is 1. The molecule has 0 aromatic carbocycles. The summed E-state index contributed by atoms with van der Waals surface area (Å²) in [4.78, 5) is 4.23. The number of hydrogen-bond acceptors (Lipinski definition) is 3. The van der Waals surface area contributed by atoms with Gasteiger partial charge in [0.15, 0.2) is 5.96 Å².